The van der Waals surface area contributed by atoms with Crippen molar-refractivity contribution in [3.8, 4) is 0 Å². The molecule has 0 saturated carbocycles. The number of aromatic nitrogens is 2. The van der Waals surface area contributed by atoms with E-state index in [4.69, 9.17) is 4.42 Å². The second-order valence-corrected chi connectivity index (χ2v) is 10.8. The van der Waals surface area contributed by atoms with Gasteiger partial charge in [0.05, 0.1) is 22.4 Å². The quantitative estimate of drug-likeness (QED) is 0.168. The Morgan fingerprint density at radius 1 is 0.857 bits per heavy atom. The molecule has 2 rings (SSSR count). The van der Waals surface area contributed by atoms with Crippen molar-refractivity contribution in [3.63, 3.8) is 0 Å². The highest BCUT2D eigenvalue weighted by atomic mass is 79.9. The van der Waals surface area contributed by atoms with E-state index in [0.717, 1.165) is 28.0 Å². The number of hydrogen-bond acceptors (Lipinski definition) is 3. The Morgan fingerprint density at radius 3 is 1.86 bits per heavy atom. The largest absolute Gasteiger partial charge is 0.454 e. The molecule has 1 N–H and O–H groups in total. The van der Waals surface area contributed by atoms with E-state index in [1.165, 1.54) is 96.3 Å². The molecule has 198 valence electrons. The summed E-state index contributed by atoms with van der Waals surface area (Å²) in [6.45, 7) is 7.48. The summed E-state index contributed by atoms with van der Waals surface area (Å²) in [6.07, 6.45) is 21.7. The smallest absolute Gasteiger partial charge is 0.286 e. The number of amides is 1. The van der Waals surface area contributed by atoms with Gasteiger partial charge < -0.3 is 9.73 Å². The molecule has 2 aromatic rings. The van der Waals surface area contributed by atoms with Gasteiger partial charge in [0.1, 0.15) is 5.76 Å². The second-order valence-electron chi connectivity index (χ2n) is 9.97. The molecule has 6 heteroatoms. The molecule has 5 nitrogen and oxygen atoms in total. The maximum absolute atomic E-state index is 12.4. The van der Waals surface area contributed by atoms with Crippen LogP contribution in [0, 0.1) is 13.8 Å². The molecule has 2 aromatic heterocycles. The third kappa shape index (κ3) is 11.8. The number of furan rings is 1. The zero-order valence-corrected chi connectivity index (χ0v) is 24.1. The van der Waals surface area contributed by atoms with Gasteiger partial charge in [-0.3, -0.25) is 9.48 Å². The van der Waals surface area contributed by atoms with E-state index in [-0.39, 0.29) is 5.91 Å². The van der Waals surface area contributed by atoms with Crippen molar-refractivity contribution in [1.82, 2.24) is 15.1 Å². The van der Waals surface area contributed by atoms with E-state index in [9.17, 15) is 4.79 Å². The van der Waals surface area contributed by atoms with Crippen LogP contribution < -0.4 is 5.32 Å². The highest BCUT2D eigenvalue weighted by Crippen LogP contribution is 2.21. The number of carbonyl (C=O) groups excluding carboxylic acids is 1. The van der Waals surface area contributed by atoms with Crippen LogP contribution in [0.15, 0.2) is 21.0 Å². The lowest BCUT2D eigenvalue weighted by atomic mass is 10.0. The predicted octanol–water partition coefficient (Wildman–Crippen LogP) is 8.90. The molecule has 0 radical (unpaired) electrons. The summed E-state index contributed by atoms with van der Waals surface area (Å²) in [7, 11) is 0. The van der Waals surface area contributed by atoms with Crippen molar-refractivity contribution in [2.45, 2.75) is 130 Å². The number of rotatable bonds is 20. The molecule has 1 amide bonds. The normalized spacial score (nSPS) is 11.3. The molecule has 0 unspecified atom stereocenters. The number of halogens is 1. The van der Waals surface area contributed by atoms with Crippen molar-refractivity contribution < 1.29 is 9.21 Å². The molecule has 0 bridgehead atoms. The van der Waals surface area contributed by atoms with Crippen molar-refractivity contribution in [1.29, 1.82) is 0 Å². The van der Waals surface area contributed by atoms with Gasteiger partial charge in [0, 0.05) is 6.54 Å². The SMILES string of the molecule is CCCCCCCCCCCCCCCCCCNC(=O)c1ccc(Cn2nc(C)c(Br)c2C)o1. The first-order chi connectivity index (χ1) is 17.0. The molecule has 0 spiro atoms. The second kappa shape index (κ2) is 17.8. The Bertz CT molecular complexity index is 843. The number of carbonyl (C=O) groups is 1. The van der Waals surface area contributed by atoms with Gasteiger partial charge in [-0.1, -0.05) is 103 Å². The van der Waals surface area contributed by atoms with Crippen LogP contribution >= 0.6 is 15.9 Å². The summed E-state index contributed by atoms with van der Waals surface area (Å²) >= 11 is 3.54. The lowest BCUT2D eigenvalue weighted by Gasteiger charge is -2.05. The van der Waals surface area contributed by atoms with Gasteiger partial charge in [0.25, 0.3) is 5.91 Å². The predicted molar refractivity (Wildman–Crippen MR) is 149 cm³/mol. The third-order valence-corrected chi connectivity index (χ3v) is 7.95. The first-order valence-electron chi connectivity index (χ1n) is 14.1. The van der Waals surface area contributed by atoms with E-state index >= 15 is 0 Å². The van der Waals surface area contributed by atoms with Gasteiger partial charge >= 0.3 is 0 Å². The van der Waals surface area contributed by atoms with Crippen molar-refractivity contribution in [2.24, 2.45) is 0 Å². The highest BCUT2D eigenvalue weighted by Gasteiger charge is 2.14. The minimum Gasteiger partial charge on any atom is -0.454 e. The number of nitrogens with zero attached hydrogens (tertiary/aromatic N) is 2. The maximum atomic E-state index is 12.4. The molecule has 0 atom stereocenters. The zero-order chi connectivity index (χ0) is 25.3. The minimum absolute atomic E-state index is 0.133. The Labute approximate surface area is 221 Å². The number of hydrogen-bond donors (Lipinski definition) is 1. The summed E-state index contributed by atoms with van der Waals surface area (Å²) in [6, 6.07) is 3.60. The van der Waals surface area contributed by atoms with Gasteiger partial charge in [-0.15, -0.1) is 0 Å². The standard InChI is InChI=1S/C29H48BrN3O2/c1-4-5-6-7-8-9-10-11-12-13-14-15-16-17-18-19-22-31-29(34)27-21-20-26(35-27)23-33-25(3)28(30)24(2)32-33/h20-21H,4-19,22-23H2,1-3H3,(H,31,34). The summed E-state index contributed by atoms with van der Waals surface area (Å²) < 4.78 is 8.65. The van der Waals surface area contributed by atoms with Crippen LogP contribution in [-0.2, 0) is 6.54 Å². The molecule has 2 heterocycles. The molecular weight excluding hydrogens is 502 g/mol. The summed E-state index contributed by atoms with van der Waals surface area (Å²) in [5.41, 5.74) is 2.00. The third-order valence-electron chi connectivity index (χ3n) is 6.80. The fourth-order valence-corrected chi connectivity index (χ4v) is 4.81. The van der Waals surface area contributed by atoms with Gasteiger partial charge in [-0.25, -0.2) is 0 Å². The van der Waals surface area contributed by atoms with E-state index in [0.29, 0.717) is 18.8 Å². The van der Waals surface area contributed by atoms with Crippen LogP contribution in [0.2, 0.25) is 0 Å². The van der Waals surface area contributed by atoms with Gasteiger partial charge in [0.15, 0.2) is 5.76 Å². The minimum atomic E-state index is -0.133. The van der Waals surface area contributed by atoms with E-state index in [1.807, 2.05) is 24.6 Å². The summed E-state index contributed by atoms with van der Waals surface area (Å²) in [4.78, 5) is 12.4. The number of nitrogens with one attached hydrogen (secondary N) is 1. The molecule has 0 aliphatic carbocycles. The van der Waals surface area contributed by atoms with Crippen LogP contribution in [0.5, 0.6) is 0 Å². The van der Waals surface area contributed by atoms with E-state index in [2.05, 4.69) is 33.3 Å². The molecule has 0 aromatic carbocycles. The van der Waals surface area contributed by atoms with E-state index in [1.54, 1.807) is 6.07 Å². The monoisotopic (exact) mass is 549 g/mol. The first kappa shape index (κ1) is 29.7. The Hall–Kier alpha value is -1.56. The number of aryl methyl sites for hydroxylation is 1. The highest BCUT2D eigenvalue weighted by molar-refractivity contribution is 9.10. The van der Waals surface area contributed by atoms with Crippen LogP contribution in [0.1, 0.15) is 137 Å². The maximum Gasteiger partial charge on any atom is 0.286 e. The summed E-state index contributed by atoms with van der Waals surface area (Å²) in [5, 5.41) is 7.48. The van der Waals surface area contributed by atoms with Gasteiger partial charge in [-0.05, 0) is 48.3 Å². The Morgan fingerprint density at radius 2 is 1.37 bits per heavy atom. The van der Waals surface area contributed by atoms with Gasteiger partial charge in [-0.2, -0.15) is 5.10 Å². The van der Waals surface area contributed by atoms with Crippen molar-refractivity contribution in [3.05, 3.63) is 39.5 Å². The van der Waals surface area contributed by atoms with Crippen molar-refractivity contribution >= 4 is 21.8 Å². The van der Waals surface area contributed by atoms with Crippen LogP contribution in [0.25, 0.3) is 0 Å². The van der Waals surface area contributed by atoms with E-state index < -0.39 is 0 Å². The molecule has 35 heavy (non-hydrogen) atoms. The molecule has 0 saturated heterocycles. The fourth-order valence-electron chi connectivity index (χ4n) is 4.52. The topological polar surface area (TPSA) is 60.1 Å². The van der Waals surface area contributed by atoms with Crippen molar-refractivity contribution in [2.75, 3.05) is 6.54 Å². The fraction of sp³-hybridized carbons (Fsp3) is 0.724. The molecule has 0 aliphatic heterocycles. The Kier molecular flexibility index (Phi) is 15.1. The summed E-state index contributed by atoms with van der Waals surface area (Å²) in [5.74, 6) is 0.972. The average Bonchev–Trinajstić information content (AvgIpc) is 3.41. The van der Waals surface area contributed by atoms with Gasteiger partial charge in [0.2, 0.25) is 0 Å². The Balaban J connectivity index is 1.42. The first-order valence-corrected chi connectivity index (χ1v) is 14.9. The number of unbranched alkanes of at least 4 members (excludes halogenated alkanes) is 15. The molecule has 0 aliphatic rings. The van der Waals surface area contributed by atoms with Crippen LogP contribution in [-0.4, -0.2) is 22.2 Å². The lowest BCUT2D eigenvalue weighted by Crippen LogP contribution is -2.23. The molecule has 0 fully saturated rings. The average molecular weight is 551 g/mol. The zero-order valence-electron chi connectivity index (χ0n) is 22.5. The van der Waals surface area contributed by atoms with Crippen LogP contribution in [0.3, 0.4) is 0 Å². The molecular formula is C29H48BrN3O2. The lowest BCUT2D eigenvalue weighted by molar-refractivity contribution is 0.0923. The van der Waals surface area contributed by atoms with Crippen LogP contribution in [0.4, 0.5) is 0 Å².